The Labute approximate surface area is 127 Å². The highest BCUT2D eigenvalue weighted by molar-refractivity contribution is 5.76. The maximum Gasteiger partial charge on any atom is -0.0154 e. The predicted octanol–water partition coefficient (Wildman–Crippen LogP) is 5.95. The van der Waals surface area contributed by atoms with Gasteiger partial charge in [-0.25, -0.2) is 0 Å². The molecule has 21 heavy (non-hydrogen) atoms. The highest BCUT2D eigenvalue weighted by Crippen LogP contribution is 2.31. The van der Waals surface area contributed by atoms with E-state index in [0.29, 0.717) is 0 Å². The number of rotatable bonds is 2. The van der Waals surface area contributed by atoms with Crippen molar-refractivity contribution in [3.8, 4) is 22.3 Å². The molecule has 0 aliphatic rings. The van der Waals surface area contributed by atoms with E-state index < -0.39 is 0 Å². The zero-order valence-electron chi connectivity index (χ0n) is 12.9. The molecule has 104 valence electrons. The molecule has 0 radical (unpaired) electrons. The van der Waals surface area contributed by atoms with E-state index in [1.165, 1.54) is 38.9 Å². The molecule has 0 saturated heterocycles. The van der Waals surface area contributed by atoms with Gasteiger partial charge in [-0.05, 0) is 65.8 Å². The highest BCUT2D eigenvalue weighted by Gasteiger charge is 2.07. The van der Waals surface area contributed by atoms with Crippen molar-refractivity contribution in [3.63, 3.8) is 0 Å². The molecular formula is C21H20. The molecule has 0 spiro atoms. The zero-order valence-corrected chi connectivity index (χ0v) is 12.9. The van der Waals surface area contributed by atoms with Crippen molar-refractivity contribution in [3.05, 3.63) is 83.4 Å². The van der Waals surface area contributed by atoms with Crippen LogP contribution in [-0.2, 0) is 0 Å². The molecule has 3 aromatic rings. The summed E-state index contributed by atoms with van der Waals surface area (Å²) in [6, 6.07) is 24.0. The SMILES string of the molecule is Cc1cc(-c2ccccc2C)cc(-c2ccccc2C)c1. The van der Waals surface area contributed by atoms with E-state index in [9.17, 15) is 0 Å². The van der Waals surface area contributed by atoms with Gasteiger partial charge in [0.25, 0.3) is 0 Å². The Morgan fingerprint density at radius 3 is 1.38 bits per heavy atom. The zero-order chi connectivity index (χ0) is 14.8. The summed E-state index contributed by atoms with van der Waals surface area (Å²) in [5.41, 5.74) is 9.16. The molecule has 0 fully saturated rings. The van der Waals surface area contributed by atoms with Gasteiger partial charge in [0.2, 0.25) is 0 Å². The van der Waals surface area contributed by atoms with Crippen LogP contribution in [0.3, 0.4) is 0 Å². The molecule has 0 amide bonds. The van der Waals surface area contributed by atoms with Crippen LogP contribution >= 0.6 is 0 Å². The lowest BCUT2D eigenvalue weighted by molar-refractivity contribution is 1.41. The van der Waals surface area contributed by atoms with Crippen LogP contribution in [0.2, 0.25) is 0 Å². The van der Waals surface area contributed by atoms with E-state index in [4.69, 9.17) is 0 Å². The average molecular weight is 272 g/mol. The molecule has 0 atom stereocenters. The lowest BCUT2D eigenvalue weighted by atomic mass is 9.93. The third-order valence-corrected chi connectivity index (χ3v) is 3.99. The van der Waals surface area contributed by atoms with Crippen LogP contribution in [-0.4, -0.2) is 0 Å². The van der Waals surface area contributed by atoms with Gasteiger partial charge in [0.05, 0.1) is 0 Å². The summed E-state index contributed by atoms with van der Waals surface area (Å²) in [6.45, 7) is 6.51. The molecular weight excluding hydrogens is 252 g/mol. The van der Waals surface area contributed by atoms with Gasteiger partial charge in [-0.3, -0.25) is 0 Å². The van der Waals surface area contributed by atoms with Crippen molar-refractivity contribution in [2.45, 2.75) is 20.8 Å². The summed E-state index contributed by atoms with van der Waals surface area (Å²) in [4.78, 5) is 0. The summed E-state index contributed by atoms with van der Waals surface area (Å²) in [5.74, 6) is 0. The lowest BCUT2D eigenvalue weighted by Crippen LogP contribution is -1.88. The van der Waals surface area contributed by atoms with Gasteiger partial charge in [-0.2, -0.15) is 0 Å². The standard InChI is InChI=1S/C21H20/c1-15-12-18(20-10-6-4-8-16(20)2)14-19(13-15)21-11-7-5-9-17(21)3/h4-14H,1-3H3. The minimum atomic E-state index is 1.30. The summed E-state index contributed by atoms with van der Waals surface area (Å²) >= 11 is 0. The Kier molecular flexibility index (Phi) is 3.62. The van der Waals surface area contributed by atoms with Crippen LogP contribution in [0.1, 0.15) is 16.7 Å². The van der Waals surface area contributed by atoms with E-state index in [2.05, 4.69) is 87.5 Å². The van der Waals surface area contributed by atoms with E-state index in [1.54, 1.807) is 0 Å². The largest absolute Gasteiger partial charge is 0.0620 e. The monoisotopic (exact) mass is 272 g/mol. The first-order valence-corrected chi connectivity index (χ1v) is 7.39. The topological polar surface area (TPSA) is 0 Å². The Bertz CT molecular complexity index is 718. The van der Waals surface area contributed by atoms with Crippen molar-refractivity contribution in [1.82, 2.24) is 0 Å². The number of hydrogen-bond acceptors (Lipinski definition) is 0. The molecule has 0 N–H and O–H groups in total. The van der Waals surface area contributed by atoms with Gasteiger partial charge in [0, 0.05) is 0 Å². The first kappa shape index (κ1) is 13.6. The van der Waals surface area contributed by atoms with Crippen LogP contribution in [0.5, 0.6) is 0 Å². The van der Waals surface area contributed by atoms with Gasteiger partial charge in [0.15, 0.2) is 0 Å². The highest BCUT2D eigenvalue weighted by atomic mass is 14.1. The van der Waals surface area contributed by atoms with Crippen molar-refractivity contribution in [1.29, 1.82) is 0 Å². The van der Waals surface area contributed by atoms with Crippen molar-refractivity contribution < 1.29 is 0 Å². The van der Waals surface area contributed by atoms with E-state index in [-0.39, 0.29) is 0 Å². The molecule has 0 heterocycles. The van der Waals surface area contributed by atoms with Crippen LogP contribution in [0.4, 0.5) is 0 Å². The second-order valence-corrected chi connectivity index (χ2v) is 5.72. The average Bonchev–Trinajstić information content (AvgIpc) is 2.47. The summed E-state index contributed by atoms with van der Waals surface area (Å²) in [5, 5.41) is 0. The number of aryl methyl sites for hydroxylation is 3. The second-order valence-electron chi connectivity index (χ2n) is 5.72. The molecule has 0 aromatic heterocycles. The first-order chi connectivity index (χ1) is 10.1. The van der Waals surface area contributed by atoms with Gasteiger partial charge >= 0.3 is 0 Å². The normalized spacial score (nSPS) is 10.6. The fourth-order valence-electron chi connectivity index (χ4n) is 2.89. The summed E-state index contributed by atoms with van der Waals surface area (Å²) < 4.78 is 0. The third-order valence-electron chi connectivity index (χ3n) is 3.99. The maximum atomic E-state index is 2.30. The van der Waals surface area contributed by atoms with E-state index in [1.807, 2.05) is 0 Å². The van der Waals surface area contributed by atoms with Crippen LogP contribution in [0.15, 0.2) is 66.7 Å². The quantitative estimate of drug-likeness (QED) is 0.541. The molecule has 0 aliphatic carbocycles. The molecule has 0 saturated carbocycles. The molecule has 0 nitrogen and oxygen atoms in total. The molecule has 3 rings (SSSR count). The first-order valence-electron chi connectivity index (χ1n) is 7.39. The van der Waals surface area contributed by atoms with E-state index in [0.717, 1.165) is 0 Å². The van der Waals surface area contributed by atoms with Gasteiger partial charge in [-0.15, -0.1) is 0 Å². The van der Waals surface area contributed by atoms with Gasteiger partial charge < -0.3 is 0 Å². The molecule has 0 bridgehead atoms. The smallest absolute Gasteiger partial charge is 0.0154 e. The molecule has 0 unspecified atom stereocenters. The van der Waals surface area contributed by atoms with E-state index >= 15 is 0 Å². The minimum Gasteiger partial charge on any atom is -0.0620 e. The predicted molar refractivity (Wildman–Crippen MR) is 91.5 cm³/mol. The van der Waals surface area contributed by atoms with Crippen LogP contribution in [0, 0.1) is 20.8 Å². The lowest BCUT2D eigenvalue weighted by Gasteiger charge is -2.12. The number of benzene rings is 3. The number of hydrogen-bond donors (Lipinski definition) is 0. The maximum absolute atomic E-state index is 2.30. The van der Waals surface area contributed by atoms with Gasteiger partial charge in [-0.1, -0.05) is 60.7 Å². The minimum absolute atomic E-state index is 1.30. The Balaban J connectivity index is 2.18. The van der Waals surface area contributed by atoms with Crippen molar-refractivity contribution in [2.75, 3.05) is 0 Å². The Hall–Kier alpha value is -2.34. The Morgan fingerprint density at radius 1 is 0.524 bits per heavy atom. The molecule has 3 aromatic carbocycles. The second kappa shape index (κ2) is 5.57. The third kappa shape index (κ3) is 2.75. The van der Waals surface area contributed by atoms with Gasteiger partial charge in [0.1, 0.15) is 0 Å². The van der Waals surface area contributed by atoms with Crippen LogP contribution in [0.25, 0.3) is 22.3 Å². The summed E-state index contributed by atoms with van der Waals surface area (Å²) in [6.07, 6.45) is 0. The van der Waals surface area contributed by atoms with Crippen LogP contribution < -0.4 is 0 Å². The Morgan fingerprint density at radius 2 is 0.952 bits per heavy atom. The molecule has 0 aliphatic heterocycles. The van der Waals surface area contributed by atoms with Crippen molar-refractivity contribution in [2.24, 2.45) is 0 Å². The fourth-order valence-corrected chi connectivity index (χ4v) is 2.89. The van der Waals surface area contributed by atoms with Crippen molar-refractivity contribution >= 4 is 0 Å². The summed E-state index contributed by atoms with van der Waals surface area (Å²) in [7, 11) is 0. The molecule has 0 heteroatoms. The fraction of sp³-hybridized carbons (Fsp3) is 0.143.